The quantitative estimate of drug-likeness (QED) is 0.632. The zero-order valence-corrected chi connectivity index (χ0v) is 10.7. The van der Waals surface area contributed by atoms with Crippen LogP contribution in [0.1, 0.15) is 18.4 Å². The van der Waals surface area contributed by atoms with Crippen LogP contribution in [0.5, 0.6) is 0 Å². The summed E-state index contributed by atoms with van der Waals surface area (Å²) in [5, 5.41) is 15.8. The fraction of sp³-hybridized carbons (Fsp3) is 0.364. The van der Waals surface area contributed by atoms with Gasteiger partial charge in [0.05, 0.1) is 9.82 Å². The SMILES string of the molecule is NS(=O)(=O)c1ccc(CC(=O)C2CC2)c([N+](=O)[O-])c1. The average molecular weight is 284 g/mol. The summed E-state index contributed by atoms with van der Waals surface area (Å²) in [5.74, 6) is -0.0519. The Bertz CT molecular complexity index is 649. The molecule has 0 spiro atoms. The van der Waals surface area contributed by atoms with Crippen LogP contribution in [0.3, 0.4) is 0 Å². The number of Topliss-reactive ketones (excluding diaryl/α,β-unsaturated/α-hetero) is 1. The number of nitro benzene ring substituents is 1. The molecular weight excluding hydrogens is 272 g/mol. The molecule has 0 radical (unpaired) electrons. The van der Waals surface area contributed by atoms with E-state index in [2.05, 4.69) is 0 Å². The predicted molar refractivity (Wildman–Crippen MR) is 65.9 cm³/mol. The molecular formula is C11H12N2O5S. The number of hydrogen-bond donors (Lipinski definition) is 1. The van der Waals surface area contributed by atoms with Crippen molar-refractivity contribution < 1.29 is 18.1 Å². The first kappa shape index (κ1) is 13.6. The highest BCUT2D eigenvalue weighted by Crippen LogP contribution is 2.32. The molecule has 0 saturated heterocycles. The minimum absolute atomic E-state index is 0.00229. The summed E-state index contributed by atoms with van der Waals surface area (Å²) in [6, 6.07) is 3.35. The van der Waals surface area contributed by atoms with E-state index in [0.717, 1.165) is 18.9 Å². The topological polar surface area (TPSA) is 120 Å². The van der Waals surface area contributed by atoms with Crippen LogP contribution in [0.25, 0.3) is 0 Å². The molecule has 0 unspecified atom stereocenters. The lowest BCUT2D eigenvalue weighted by molar-refractivity contribution is -0.385. The molecule has 0 atom stereocenters. The van der Waals surface area contributed by atoms with E-state index in [1.165, 1.54) is 12.1 Å². The van der Waals surface area contributed by atoms with Gasteiger partial charge in [0, 0.05) is 24.0 Å². The number of ketones is 1. The van der Waals surface area contributed by atoms with E-state index in [-0.39, 0.29) is 34.3 Å². The fourth-order valence-electron chi connectivity index (χ4n) is 1.78. The van der Waals surface area contributed by atoms with Crippen LogP contribution in [0.2, 0.25) is 0 Å². The van der Waals surface area contributed by atoms with Gasteiger partial charge in [0.1, 0.15) is 5.78 Å². The average Bonchev–Trinajstić information content (AvgIpc) is 3.11. The number of primary sulfonamides is 1. The first-order valence-electron chi connectivity index (χ1n) is 5.62. The maximum atomic E-state index is 11.7. The maximum absolute atomic E-state index is 11.7. The number of nitrogens with zero attached hydrogens (tertiary/aromatic N) is 1. The number of nitro groups is 1. The van der Waals surface area contributed by atoms with Crippen molar-refractivity contribution in [3.63, 3.8) is 0 Å². The normalized spacial score (nSPS) is 15.2. The third-order valence-corrected chi connectivity index (χ3v) is 3.89. The minimum atomic E-state index is -4.00. The predicted octanol–water partition coefficient (Wildman–Crippen LogP) is 0.764. The van der Waals surface area contributed by atoms with Gasteiger partial charge >= 0.3 is 0 Å². The summed E-state index contributed by atoms with van der Waals surface area (Å²) in [5.41, 5.74) is -0.171. The monoisotopic (exact) mass is 284 g/mol. The van der Waals surface area contributed by atoms with Gasteiger partial charge in [-0.15, -0.1) is 0 Å². The van der Waals surface area contributed by atoms with Crippen LogP contribution < -0.4 is 5.14 Å². The van der Waals surface area contributed by atoms with Crippen molar-refractivity contribution in [1.82, 2.24) is 0 Å². The third kappa shape index (κ3) is 3.15. The van der Waals surface area contributed by atoms with Crippen molar-refractivity contribution >= 4 is 21.5 Å². The van der Waals surface area contributed by atoms with Gasteiger partial charge in [0.25, 0.3) is 5.69 Å². The van der Waals surface area contributed by atoms with Gasteiger partial charge in [-0.05, 0) is 18.9 Å². The van der Waals surface area contributed by atoms with Crippen LogP contribution in [0.15, 0.2) is 23.1 Å². The van der Waals surface area contributed by atoms with Gasteiger partial charge in [0.2, 0.25) is 10.0 Å². The number of rotatable bonds is 5. The summed E-state index contributed by atoms with van der Waals surface area (Å²) in [6.45, 7) is 0. The van der Waals surface area contributed by atoms with Gasteiger partial charge in [-0.1, -0.05) is 6.07 Å². The van der Waals surface area contributed by atoms with Crippen LogP contribution in [-0.2, 0) is 21.2 Å². The molecule has 1 fully saturated rings. The maximum Gasteiger partial charge on any atom is 0.274 e. The summed E-state index contributed by atoms with van der Waals surface area (Å²) in [6.07, 6.45) is 1.59. The first-order chi connectivity index (χ1) is 8.79. The molecule has 0 amide bonds. The number of sulfonamides is 1. The molecule has 102 valence electrons. The second-order valence-electron chi connectivity index (χ2n) is 4.51. The Morgan fingerprint density at radius 1 is 1.42 bits per heavy atom. The number of hydrogen-bond acceptors (Lipinski definition) is 5. The number of carbonyl (C=O) groups is 1. The van der Waals surface area contributed by atoms with Crippen molar-refractivity contribution in [2.45, 2.75) is 24.2 Å². The molecule has 2 rings (SSSR count). The van der Waals surface area contributed by atoms with Gasteiger partial charge in [-0.2, -0.15) is 0 Å². The Hall–Kier alpha value is -1.80. The van der Waals surface area contributed by atoms with Gasteiger partial charge in [-0.25, -0.2) is 13.6 Å². The van der Waals surface area contributed by atoms with Crippen molar-refractivity contribution in [1.29, 1.82) is 0 Å². The molecule has 1 aromatic carbocycles. The van der Waals surface area contributed by atoms with Crippen molar-refractivity contribution in [3.8, 4) is 0 Å². The highest BCUT2D eigenvalue weighted by Gasteiger charge is 2.31. The molecule has 8 heteroatoms. The molecule has 0 bridgehead atoms. The van der Waals surface area contributed by atoms with E-state index in [4.69, 9.17) is 5.14 Å². The van der Waals surface area contributed by atoms with Gasteiger partial charge < -0.3 is 0 Å². The lowest BCUT2D eigenvalue weighted by Gasteiger charge is -2.04. The van der Waals surface area contributed by atoms with Crippen LogP contribution in [0, 0.1) is 16.0 Å². The van der Waals surface area contributed by atoms with E-state index in [0.29, 0.717) is 0 Å². The van der Waals surface area contributed by atoms with E-state index >= 15 is 0 Å². The second-order valence-corrected chi connectivity index (χ2v) is 6.07. The zero-order valence-electron chi connectivity index (χ0n) is 9.90. The molecule has 0 heterocycles. The Kier molecular flexibility index (Phi) is 3.38. The molecule has 2 N–H and O–H groups in total. The number of benzene rings is 1. The minimum Gasteiger partial charge on any atom is -0.299 e. The molecule has 1 aromatic rings. The van der Waals surface area contributed by atoms with Crippen molar-refractivity contribution in [3.05, 3.63) is 33.9 Å². The highest BCUT2D eigenvalue weighted by molar-refractivity contribution is 7.89. The van der Waals surface area contributed by atoms with Crippen LogP contribution >= 0.6 is 0 Å². The Morgan fingerprint density at radius 2 is 2.05 bits per heavy atom. The lowest BCUT2D eigenvalue weighted by atomic mass is 10.0. The second kappa shape index (κ2) is 4.71. The molecule has 0 aliphatic heterocycles. The first-order valence-corrected chi connectivity index (χ1v) is 7.16. The van der Waals surface area contributed by atoms with Crippen LogP contribution in [0.4, 0.5) is 5.69 Å². The van der Waals surface area contributed by atoms with E-state index in [1.54, 1.807) is 0 Å². The van der Waals surface area contributed by atoms with Crippen LogP contribution in [-0.4, -0.2) is 19.1 Å². The zero-order chi connectivity index (χ0) is 14.2. The Labute approximate surface area is 109 Å². The molecule has 19 heavy (non-hydrogen) atoms. The molecule has 1 aliphatic carbocycles. The largest absolute Gasteiger partial charge is 0.299 e. The van der Waals surface area contributed by atoms with E-state index in [1.807, 2.05) is 0 Å². The summed E-state index contributed by atoms with van der Waals surface area (Å²) >= 11 is 0. The van der Waals surface area contributed by atoms with E-state index in [9.17, 15) is 23.3 Å². The summed E-state index contributed by atoms with van der Waals surface area (Å²) < 4.78 is 22.3. The van der Waals surface area contributed by atoms with Gasteiger partial charge in [-0.3, -0.25) is 14.9 Å². The number of nitrogens with two attached hydrogens (primary N) is 1. The smallest absolute Gasteiger partial charge is 0.274 e. The molecule has 7 nitrogen and oxygen atoms in total. The lowest BCUT2D eigenvalue weighted by Crippen LogP contribution is -2.13. The summed E-state index contributed by atoms with van der Waals surface area (Å²) in [7, 11) is -4.00. The molecule has 0 aromatic heterocycles. The Morgan fingerprint density at radius 3 is 2.53 bits per heavy atom. The Balaban J connectivity index is 2.37. The standard InChI is InChI=1S/C11H12N2O5S/c12-19(17,18)9-4-3-8(10(6-9)13(15)16)5-11(14)7-1-2-7/h3-4,6-7H,1-2,5H2,(H2,12,17,18). The number of carbonyl (C=O) groups excluding carboxylic acids is 1. The van der Waals surface area contributed by atoms with Crippen molar-refractivity contribution in [2.75, 3.05) is 0 Å². The summed E-state index contributed by atoms with van der Waals surface area (Å²) in [4.78, 5) is 21.6. The van der Waals surface area contributed by atoms with E-state index < -0.39 is 14.9 Å². The van der Waals surface area contributed by atoms with Gasteiger partial charge in [0.15, 0.2) is 0 Å². The molecule has 1 saturated carbocycles. The molecule has 1 aliphatic rings. The third-order valence-electron chi connectivity index (χ3n) is 2.98. The van der Waals surface area contributed by atoms with Crippen molar-refractivity contribution in [2.24, 2.45) is 11.1 Å². The fourth-order valence-corrected chi connectivity index (χ4v) is 2.31. The highest BCUT2D eigenvalue weighted by atomic mass is 32.2.